The average Bonchev–Trinajstić information content (AvgIpc) is 2.86. The summed E-state index contributed by atoms with van der Waals surface area (Å²) in [6, 6.07) is 4.95. The van der Waals surface area contributed by atoms with Gasteiger partial charge in [0, 0.05) is 25.2 Å². The highest BCUT2D eigenvalue weighted by molar-refractivity contribution is 6.15. The largest absolute Gasteiger partial charge is 0.341 e. The lowest BCUT2D eigenvalue weighted by molar-refractivity contribution is -0.384. The smallest absolute Gasteiger partial charge is 0.329 e. The van der Waals surface area contributed by atoms with Gasteiger partial charge >= 0.3 is 6.03 Å². The van der Waals surface area contributed by atoms with Crippen molar-refractivity contribution < 1.29 is 19.3 Å². The van der Waals surface area contributed by atoms with Crippen LogP contribution in [0.15, 0.2) is 30.0 Å². The second-order valence-electron chi connectivity index (χ2n) is 6.52. The van der Waals surface area contributed by atoms with Gasteiger partial charge in [0.15, 0.2) is 0 Å². The minimum Gasteiger partial charge on any atom is -0.341 e. The minimum absolute atomic E-state index is 0.0394. The molecule has 0 aromatic heterocycles. The number of nitro benzene ring substituents is 1. The van der Waals surface area contributed by atoms with Crippen molar-refractivity contribution in [2.45, 2.75) is 25.7 Å². The number of non-ortho nitro benzene ring substituents is 1. The molecule has 0 saturated carbocycles. The van der Waals surface area contributed by atoms with Crippen LogP contribution in [0, 0.1) is 10.1 Å². The normalized spacial score (nSPS) is 19.2. The predicted molar refractivity (Wildman–Crippen MR) is 96.4 cm³/mol. The molecule has 2 saturated heterocycles. The second-order valence-corrected chi connectivity index (χ2v) is 6.52. The number of nitrogens with zero attached hydrogens (tertiary/aromatic N) is 3. The molecule has 9 nitrogen and oxygen atoms in total. The van der Waals surface area contributed by atoms with E-state index in [9.17, 15) is 24.5 Å². The molecular formula is C18H20N4O5. The number of urea groups is 1. The van der Waals surface area contributed by atoms with Gasteiger partial charge in [-0.15, -0.1) is 0 Å². The van der Waals surface area contributed by atoms with Crippen molar-refractivity contribution in [1.82, 2.24) is 15.1 Å². The van der Waals surface area contributed by atoms with Crippen LogP contribution in [0.1, 0.15) is 31.2 Å². The zero-order valence-corrected chi connectivity index (χ0v) is 14.7. The standard InChI is InChI=1S/C18H20N4O5/c23-16(20-9-3-1-2-4-10-20)12-21-17(24)15(19-18(21)25)11-13-5-7-14(8-6-13)22(26)27/h5-8,11H,1-4,9-10,12H2,(H,19,25)/b15-11-. The van der Waals surface area contributed by atoms with Crippen molar-refractivity contribution >= 4 is 29.6 Å². The number of carbonyl (C=O) groups excluding carboxylic acids is 3. The van der Waals surface area contributed by atoms with Crippen LogP contribution in [0.3, 0.4) is 0 Å². The number of amides is 4. The van der Waals surface area contributed by atoms with E-state index < -0.39 is 16.9 Å². The van der Waals surface area contributed by atoms with E-state index in [2.05, 4.69) is 5.32 Å². The number of hydrogen-bond acceptors (Lipinski definition) is 5. The highest BCUT2D eigenvalue weighted by Gasteiger charge is 2.35. The number of nitro groups is 1. The quantitative estimate of drug-likeness (QED) is 0.375. The van der Waals surface area contributed by atoms with Crippen LogP contribution in [0.25, 0.3) is 6.08 Å². The van der Waals surface area contributed by atoms with Gasteiger partial charge in [-0.2, -0.15) is 0 Å². The van der Waals surface area contributed by atoms with Crippen LogP contribution in [0.2, 0.25) is 0 Å². The van der Waals surface area contributed by atoms with E-state index >= 15 is 0 Å². The summed E-state index contributed by atoms with van der Waals surface area (Å²) >= 11 is 0. The van der Waals surface area contributed by atoms with E-state index in [1.165, 1.54) is 30.3 Å². The van der Waals surface area contributed by atoms with E-state index in [0.29, 0.717) is 18.7 Å². The lowest BCUT2D eigenvalue weighted by Gasteiger charge is -2.22. The molecule has 1 aromatic rings. The second kappa shape index (κ2) is 7.98. The Labute approximate surface area is 155 Å². The van der Waals surface area contributed by atoms with Gasteiger partial charge in [0.1, 0.15) is 12.2 Å². The Kier molecular flexibility index (Phi) is 5.49. The topological polar surface area (TPSA) is 113 Å². The fraction of sp³-hybridized carbons (Fsp3) is 0.389. The van der Waals surface area contributed by atoms with E-state index in [-0.39, 0.29) is 23.8 Å². The number of rotatable bonds is 4. The van der Waals surface area contributed by atoms with Crippen LogP contribution in [-0.2, 0) is 9.59 Å². The van der Waals surface area contributed by atoms with E-state index in [4.69, 9.17) is 0 Å². The van der Waals surface area contributed by atoms with Gasteiger partial charge in [-0.25, -0.2) is 9.69 Å². The number of nitrogens with one attached hydrogen (secondary N) is 1. The van der Waals surface area contributed by atoms with Crippen LogP contribution in [-0.4, -0.2) is 52.2 Å². The monoisotopic (exact) mass is 372 g/mol. The van der Waals surface area contributed by atoms with Crippen molar-refractivity contribution in [2.75, 3.05) is 19.6 Å². The lowest BCUT2D eigenvalue weighted by atomic mass is 10.1. The van der Waals surface area contributed by atoms with Gasteiger partial charge in [-0.1, -0.05) is 12.8 Å². The van der Waals surface area contributed by atoms with Crippen LogP contribution < -0.4 is 5.32 Å². The maximum atomic E-state index is 12.5. The molecule has 4 amide bonds. The Hall–Kier alpha value is -3.23. The Morgan fingerprint density at radius 1 is 1.11 bits per heavy atom. The fourth-order valence-electron chi connectivity index (χ4n) is 3.13. The average molecular weight is 372 g/mol. The molecule has 27 heavy (non-hydrogen) atoms. The zero-order chi connectivity index (χ0) is 19.4. The summed E-state index contributed by atoms with van der Waals surface area (Å²) in [6.07, 6.45) is 5.44. The molecule has 0 bridgehead atoms. The fourth-order valence-corrected chi connectivity index (χ4v) is 3.13. The van der Waals surface area contributed by atoms with Crippen molar-refractivity contribution in [3.8, 4) is 0 Å². The van der Waals surface area contributed by atoms with Gasteiger partial charge in [-0.05, 0) is 36.6 Å². The first-order valence-corrected chi connectivity index (χ1v) is 8.82. The number of hydrogen-bond donors (Lipinski definition) is 1. The van der Waals surface area contributed by atoms with Crippen LogP contribution in [0.4, 0.5) is 10.5 Å². The lowest BCUT2D eigenvalue weighted by Crippen LogP contribution is -2.43. The third-order valence-electron chi connectivity index (χ3n) is 4.63. The zero-order valence-electron chi connectivity index (χ0n) is 14.7. The summed E-state index contributed by atoms with van der Waals surface area (Å²) in [7, 11) is 0. The first-order valence-electron chi connectivity index (χ1n) is 8.82. The number of likely N-dealkylation sites (tertiary alicyclic amines) is 1. The van der Waals surface area contributed by atoms with Gasteiger partial charge in [0.25, 0.3) is 11.6 Å². The molecule has 0 aliphatic carbocycles. The van der Waals surface area contributed by atoms with Crippen molar-refractivity contribution in [3.63, 3.8) is 0 Å². The van der Waals surface area contributed by atoms with Gasteiger partial charge in [0.05, 0.1) is 4.92 Å². The summed E-state index contributed by atoms with van der Waals surface area (Å²) in [5.41, 5.74) is 0.506. The molecule has 142 valence electrons. The maximum absolute atomic E-state index is 12.5. The molecule has 0 spiro atoms. The summed E-state index contributed by atoms with van der Waals surface area (Å²) < 4.78 is 0. The number of imide groups is 1. The van der Waals surface area contributed by atoms with Crippen molar-refractivity contribution in [2.24, 2.45) is 0 Å². The highest BCUT2D eigenvalue weighted by atomic mass is 16.6. The Balaban J connectivity index is 1.68. The summed E-state index contributed by atoms with van der Waals surface area (Å²) in [4.78, 5) is 49.8. The summed E-state index contributed by atoms with van der Waals surface area (Å²) in [5.74, 6) is -0.821. The van der Waals surface area contributed by atoms with Crippen molar-refractivity contribution in [1.29, 1.82) is 0 Å². The number of benzene rings is 1. The van der Waals surface area contributed by atoms with Crippen molar-refractivity contribution in [3.05, 3.63) is 45.6 Å². The van der Waals surface area contributed by atoms with E-state index in [1.807, 2.05) is 0 Å². The van der Waals surface area contributed by atoms with Crippen LogP contribution in [0.5, 0.6) is 0 Å². The molecule has 0 unspecified atom stereocenters. The Morgan fingerprint density at radius 3 is 2.33 bits per heavy atom. The molecule has 0 atom stereocenters. The number of carbonyl (C=O) groups is 3. The Bertz CT molecular complexity index is 794. The van der Waals surface area contributed by atoms with E-state index in [0.717, 1.165) is 30.6 Å². The third-order valence-corrected chi connectivity index (χ3v) is 4.63. The molecular weight excluding hydrogens is 352 g/mol. The van der Waals surface area contributed by atoms with Gasteiger partial charge in [0.2, 0.25) is 5.91 Å². The summed E-state index contributed by atoms with van der Waals surface area (Å²) in [6.45, 7) is 1.00. The first-order chi connectivity index (χ1) is 13.0. The SMILES string of the molecule is O=C(CN1C(=O)N/C(=C\c2ccc([N+](=O)[O-])cc2)C1=O)N1CCCCCC1. The predicted octanol–water partition coefficient (Wildman–Crippen LogP) is 1.89. The molecule has 3 rings (SSSR count). The van der Waals surface area contributed by atoms with Gasteiger partial charge < -0.3 is 10.2 Å². The van der Waals surface area contributed by atoms with Crippen LogP contribution >= 0.6 is 0 Å². The minimum atomic E-state index is -0.642. The van der Waals surface area contributed by atoms with Gasteiger partial charge in [-0.3, -0.25) is 19.7 Å². The molecule has 2 aliphatic heterocycles. The molecule has 2 heterocycles. The maximum Gasteiger partial charge on any atom is 0.329 e. The van der Waals surface area contributed by atoms with E-state index in [1.54, 1.807) is 4.90 Å². The Morgan fingerprint density at radius 2 is 1.74 bits per heavy atom. The molecule has 9 heteroatoms. The molecule has 1 N–H and O–H groups in total. The first kappa shape index (κ1) is 18.6. The molecule has 2 fully saturated rings. The third kappa shape index (κ3) is 4.30. The molecule has 1 aromatic carbocycles. The highest BCUT2D eigenvalue weighted by Crippen LogP contribution is 2.18. The molecule has 2 aliphatic rings. The molecule has 0 radical (unpaired) electrons. The summed E-state index contributed by atoms with van der Waals surface area (Å²) in [5, 5.41) is 13.1.